The summed E-state index contributed by atoms with van der Waals surface area (Å²) in [4.78, 5) is 13.8. The van der Waals surface area contributed by atoms with Crippen LogP contribution in [0.3, 0.4) is 0 Å². The van der Waals surface area contributed by atoms with E-state index < -0.39 is 0 Å². The zero-order valence-corrected chi connectivity index (χ0v) is 12.3. The fourth-order valence-electron chi connectivity index (χ4n) is 2.24. The molecule has 1 aromatic carbocycles. The number of amides is 1. The smallest absolute Gasteiger partial charge is 0.224 e. The first-order valence-electron chi connectivity index (χ1n) is 7.13. The topological polar surface area (TPSA) is 71.0 Å². The predicted molar refractivity (Wildman–Crippen MR) is 78.4 cm³/mol. The zero-order chi connectivity index (χ0) is 15.1. The number of hydrogen-bond donors (Lipinski definition) is 2. The molecule has 0 aliphatic carbocycles. The Morgan fingerprint density at radius 3 is 2.86 bits per heavy atom. The van der Waals surface area contributed by atoms with E-state index in [4.69, 9.17) is 9.47 Å². The molecule has 116 valence electrons. The Balaban J connectivity index is 1.69. The average Bonchev–Trinajstić information content (AvgIpc) is 2.52. The molecule has 0 unspecified atom stereocenters. The summed E-state index contributed by atoms with van der Waals surface area (Å²) in [5.41, 5.74) is 0.951. The molecule has 1 fully saturated rings. The number of ether oxygens (including phenoxy) is 2. The number of carbonyl (C=O) groups is 1. The lowest BCUT2D eigenvalue weighted by Crippen LogP contribution is -2.41. The quantitative estimate of drug-likeness (QED) is 0.757. The molecule has 1 saturated heterocycles. The van der Waals surface area contributed by atoms with Crippen molar-refractivity contribution in [3.8, 4) is 11.5 Å². The molecule has 0 spiro atoms. The van der Waals surface area contributed by atoms with E-state index in [1.54, 1.807) is 12.1 Å². The predicted octanol–water partition coefficient (Wildman–Crippen LogP) is 0.739. The molecular weight excluding hydrogens is 272 g/mol. The van der Waals surface area contributed by atoms with Gasteiger partial charge < -0.3 is 24.8 Å². The van der Waals surface area contributed by atoms with Crippen molar-refractivity contribution in [3.63, 3.8) is 0 Å². The normalized spacial score (nSPS) is 15.0. The van der Waals surface area contributed by atoms with E-state index in [0.29, 0.717) is 51.6 Å². The van der Waals surface area contributed by atoms with Crippen LogP contribution in [0, 0.1) is 0 Å². The largest absolute Gasteiger partial charge is 0.504 e. The van der Waals surface area contributed by atoms with E-state index in [-0.39, 0.29) is 11.7 Å². The summed E-state index contributed by atoms with van der Waals surface area (Å²) in [5.74, 6) is 0.741. The molecule has 1 aliphatic rings. The van der Waals surface area contributed by atoms with Crippen LogP contribution in [-0.4, -0.2) is 55.9 Å². The third-order valence-electron chi connectivity index (χ3n) is 3.45. The van der Waals surface area contributed by atoms with Crippen molar-refractivity contribution in [2.75, 3.05) is 40.0 Å². The Kier molecular flexibility index (Phi) is 5.83. The van der Waals surface area contributed by atoms with Gasteiger partial charge in [-0.25, -0.2) is 0 Å². The van der Waals surface area contributed by atoms with Crippen molar-refractivity contribution in [3.05, 3.63) is 23.8 Å². The summed E-state index contributed by atoms with van der Waals surface area (Å²) in [6.07, 6.45) is 0.474. The molecule has 1 heterocycles. The number of phenolic OH excluding ortho intramolecular Hbond substituents is 1. The SMILES string of the molecule is COc1ccc(CNCCC(=O)N2CCOCC2)cc1O. The minimum atomic E-state index is 0.126. The minimum Gasteiger partial charge on any atom is -0.504 e. The Hall–Kier alpha value is -1.79. The number of phenols is 1. The third-order valence-corrected chi connectivity index (χ3v) is 3.45. The monoisotopic (exact) mass is 294 g/mol. The first kappa shape index (κ1) is 15.6. The van der Waals surface area contributed by atoms with Crippen molar-refractivity contribution in [1.82, 2.24) is 10.2 Å². The van der Waals surface area contributed by atoms with E-state index in [2.05, 4.69) is 5.32 Å². The molecular formula is C15H22N2O4. The lowest BCUT2D eigenvalue weighted by atomic mass is 10.2. The molecule has 1 amide bonds. The number of methoxy groups -OCH3 is 1. The zero-order valence-electron chi connectivity index (χ0n) is 12.3. The van der Waals surface area contributed by atoms with Crippen LogP contribution in [0.1, 0.15) is 12.0 Å². The lowest BCUT2D eigenvalue weighted by Gasteiger charge is -2.26. The maximum Gasteiger partial charge on any atom is 0.224 e. The van der Waals surface area contributed by atoms with Crippen LogP contribution in [0.25, 0.3) is 0 Å². The first-order valence-corrected chi connectivity index (χ1v) is 7.13. The molecule has 0 aromatic heterocycles. The van der Waals surface area contributed by atoms with Gasteiger partial charge in [-0.05, 0) is 17.7 Å². The van der Waals surface area contributed by atoms with Crippen molar-refractivity contribution < 1.29 is 19.4 Å². The maximum absolute atomic E-state index is 11.9. The molecule has 0 saturated carbocycles. The summed E-state index contributed by atoms with van der Waals surface area (Å²) in [6, 6.07) is 5.27. The fourth-order valence-corrected chi connectivity index (χ4v) is 2.24. The molecule has 0 radical (unpaired) electrons. The lowest BCUT2D eigenvalue weighted by molar-refractivity contribution is -0.135. The van der Waals surface area contributed by atoms with Gasteiger partial charge in [0.25, 0.3) is 0 Å². The Labute approximate surface area is 124 Å². The Morgan fingerprint density at radius 2 is 2.19 bits per heavy atom. The molecule has 6 nitrogen and oxygen atoms in total. The van der Waals surface area contributed by atoms with Gasteiger partial charge in [0.05, 0.1) is 20.3 Å². The summed E-state index contributed by atoms with van der Waals surface area (Å²) in [5, 5.41) is 12.9. The number of nitrogens with one attached hydrogen (secondary N) is 1. The summed E-state index contributed by atoms with van der Waals surface area (Å²) in [6.45, 7) is 3.85. The van der Waals surface area contributed by atoms with E-state index in [1.807, 2.05) is 11.0 Å². The molecule has 1 aliphatic heterocycles. The summed E-state index contributed by atoms with van der Waals surface area (Å²) >= 11 is 0. The van der Waals surface area contributed by atoms with Crippen molar-refractivity contribution in [1.29, 1.82) is 0 Å². The van der Waals surface area contributed by atoms with Crippen LogP contribution in [0.15, 0.2) is 18.2 Å². The summed E-state index contributed by atoms with van der Waals surface area (Å²) < 4.78 is 10.2. The number of rotatable bonds is 6. The van der Waals surface area contributed by atoms with Crippen LogP contribution in [0.5, 0.6) is 11.5 Å². The van der Waals surface area contributed by atoms with Gasteiger partial charge in [-0.3, -0.25) is 4.79 Å². The maximum atomic E-state index is 11.9. The second kappa shape index (κ2) is 7.85. The average molecular weight is 294 g/mol. The van der Waals surface area contributed by atoms with Crippen molar-refractivity contribution in [2.24, 2.45) is 0 Å². The van der Waals surface area contributed by atoms with Crippen molar-refractivity contribution >= 4 is 5.91 Å². The van der Waals surface area contributed by atoms with Gasteiger partial charge in [-0.2, -0.15) is 0 Å². The Morgan fingerprint density at radius 1 is 1.43 bits per heavy atom. The van der Waals surface area contributed by atoms with Crippen LogP contribution in [-0.2, 0) is 16.1 Å². The number of benzene rings is 1. The second-order valence-corrected chi connectivity index (χ2v) is 4.93. The number of hydrogen-bond acceptors (Lipinski definition) is 5. The van der Waals surface area contributed by atoms with E-state index in [1.165, 1.54) is 7.11 Å². The van der Waals surface area contributed by atoms with Gasteiger partial charge in [0.15, 0.2) is 11.5 Å². The van der Waals surface area contributed by atoms with Gasteiger partial charge in [0.2, 0.25) is 5.91 Å². The highest BCUT2D eigenvalue weighted by Gasteiger charge is 2.15. The molecule has 6 heteroatoms. The summed E-state index contributed by atoms with van der Waals surface area (Å²) in [7, 11) is 1.52. The van der Waals surface area contributed by atoms with Gasteiger partial charge in [-0.15, -0.1) is 0 Å². The van der Waals surface area contributed by atoms with E-state index in [0.717, 1.165) is 5.56 Å². The molecule has 21 heavy (non-hydrogen) atoms. The van der Waals surface area contributed by atoms with Gasteiger partial charge >= 0.3 is 0 Å². The molecule has 0 atom stereocenters. The third kappa shape index (κ3) is 4.61. The van der Waals surface area contributed by atoms with Gasteiger partial charge in [0.1, 0.15) is 0 Å². The number of morpholine rings is 1. The van der Waals surface area contributed by atoms with Crippen LogP contribution in [0.4, 0.5) is 0 Å². The number of aromatic hydroxyl groups is 1. The van der Waals surface area contributed by atoms with Crippen LogP contribution >= 0.6 is 0 Å². The van der Waals surface area contributed by atoms with Crippen LogP contribution in [0.2, 0.25) is 0 Å². The van der Waals surface area contributed by atoms with Crippen molar-refractivity contribution in [2.45, 2.75) is 13.0 Å². The van der Waals surface area contributed by atoms with Gasteiger partial charge in [0, 0.05) is 32.6 Å². The van der Waals surface area contributed by atoms with E-state index >= 15 is 0 Å². The molecule has 1 aromatic rings. The first-order chi connectivity index (χ1) is 10.2. The molecule has 2 rings (SSSR count). The van der Waals surface area contributed by atoms with E-state index in [9.17, 15) is 9.90 Å². The Bertz CT molecular complexity index is 473. The molecule has 0 bridgehead atoms. The molecule has 2 N–H and O–H groups in total. The highest BCUT2D eigenvalue weighted by molar-refractivity contribution is 5.76. The van der Waals surface area contributed by atoms with Crippen LogP contribution < -0.4 is 10.1 Å². The van der Waals surface area contributed by atoms with Gasteiger partial charge in [-0.1, -0.05) is 6.07 Å². The number of carbonyl (C=O) groups excluding carboxylic acids is 1. The second-order valence-electron chi connectivity index (χ2n) is 4.93. The minimum absolute atomic E-state index is 0.126. The highest BCUT2D eigenvalue weighted by atomic mass is 16.5. The standard InChI is InChI=1S/C15H22N2O4/c1-20-14-3-2-12(10-13(14)18)11-16-5-4-15(19)17-6-8-21-9-7-17/h2-3,10,16,18H,4-9,11H2,1H3. The fraction of sp³-hybridized carbons (Fsp3) is 0.533. The highest BCUT2D eigenvalue weighted by Crippen LogP contribution is 2.25. The number of nitrogens with zero attached hydrogens (tertiary/aromatic N) is 1.